The zero-order valence-corrected chi connectivity index (χ0v) is 10.4. The van der Waals surface area contributed by atoms with Crippen molar-refractivity contribution < 1.29 is 14.0 Å². The zero-order valence-electron chi connectivity index (χ0n) is 10.4. The van der Waals surface area contributed by atoms with Gasteiger partial charge in [0.25, 0.3) is 11.8 Å². The molecule has 6 heteroatoms. The topological polar surface area (TPSA) is 84.2 Å². The molecule has 0 atom stereocenters. The molecule has 0 spiro atoms. The van der Waals surface area contributed by atoms with Gasteiger partial charge >= 0.3 is 0 Å². The largest absolute Gasteiger partial charge is 0.322 e. The standard InChI is InChI=1S/C14H12FN3O2/c15-11-6-4-9(5-7-11)13(19)17-12-3-1-2-10(8-12)14(20)18-16/h1-8H,16H2,(H,17,19)(H,18,20). The van der Waals surface area contributed by atoms with Crippen molar-refractivity contribution in [2.24, 2.45) is 5.84 Å². The molecule has 0 heterocycles. The maximum absolute atomic E-state index is 12.8. The van der Waals surface area contributed by atoms with Crippen LogP contribution < -0.4 is 16.6 Å². The number of amides is 2. The molecular weight excluding hydrogens is 261 g/mol. The van der Waals surface area contributed by atoms with E-state index >= 15 is 0 Å². The molecule has 2 aromatic rings. The predicted octanol–water partition coefficient (Wildman–Crippen LogP) is 1.68. The van der Waals surface area contributed by atoms with E-state index in [2.05, 4.69) is 5.32 Å². The van der Waals surface area contributed by atoms with Gasteiger partial charge in [-0.25, -0.2) is 10.2 Å². The summed E-state index contributed by atoms with van der Waals surface area (Å²) in [6.07, 6.45) is 0. The van der Waals surface area contributed by atoms with Gasteiger partial charge in [0, 0.05) is 16.8 Å². The first-order valence-corrected chi connectivity index (χ1v) is 5.78. The number of rotatable bonds is 3. The average molecular weight is 273 g/mol. The van der Waals surface area contributed by atoms with Crippen LogP contribution in [0.3, 0.4) is 0 Å². The highest BCUT2D eigenvalue weighted by Gasteiger charge is 2.08. The van der Waals surface area contributed by atoms with Gasteiger partial charge in [-0.05, 0) is 42.5 Å². The van der Waals surface area contributed by atoms with Crippen LogP contribution in [0.1, 0.15) is 20.7 Å². The summed E-state index contributed by atoms with van der Waals surface area (Å²) in [5, 5.41) is 2.61. The van der Waals surface area contributed by atoms with Crippen LogP contribution >= 0.6 is 0 Å². The highest BCUT2D eigenvalue weighted by Crippen LogP contribution is 2.12. The highest BCUT2D eigenvalue weighted by molar-refractivity contribution is 6.05. The Morgan fingerprint density at radius 1 is 0.950 bits per heavy atom. The fraction of sp³-hybridized carbons (Fsp3) is 0. The van der Waals surface area contributed by atoms with Crippen LogP contribution in [0.25, 0.3) is 0 Å². The molecular formula is C14H12FN3O2. The molecule has 2 amide bonds. The number of carbonyl (C=O) groups is 2. The molecule has 0 bridgehead atoms. The molecule has 0 aromatic heterocycles. The van der Waals surface area contributed by atoms with Crippen LogP contribution in [-0.4, -0.2) is 11.8 Å². The fourth-order valence-corrected chi connectivity index (χ4v) is 1.63. The second kappa shape index (κ2) is 5.94. The third-order valence-electron chi connectivity index (χ3n) is 2.62. The summed E-state index contributed by atoms with van der Waals surface area (Å²) in [5.41, 5.74) is 3.09. The summed E-state index contributed by atoms with van der Waals surface area (Å²) in [6.45, 7) is 0. The lowest BCUT2D eigenvalue weighted by atomic mass is 10.1. The van der Waals surface area contributed by atoms with Crippen molar-refractivity contribution in [3.05, 3.63) is 65.5 Å². The quantitative estimate of drug-likeness (QED) is 0.452. The number of hydrogen-bond donors (Lipinski definition) is 3. The molecule has 5 nitrogen and oxygen atoms in total. The van der Waals surface area contributed by atoms with Crippen molar-refractivity contribution in [1.82, 2.24) is 5.43 Å². The molecule has 0 radical (unpaired) electrons. The molecule has 0 aliphatic carbocycles. The maximum atomic E-state index is 12.8. The Hall–Kier alpha value is -2.73. The van der Waals surface area contributed by atoms with Gasteiger partial charge in [-0.3, -0.25) is 15.0 Å². The minimum atomic E-state index is -0.456. The van der Waals surface area contributed by atoms with Crippen LogP contribution in [0.15, 0.2) is 48.5 Å². The van der Waals surface area contributed by atoms with E-state index in [1.807, 2.05) is 5.43 Å². The van der Waals surface area contributed by atoms with Crippen molar-refractivity contribution in [2.45, 2.75) is 0 Å². The lowest BCUT2D eigenvalue weighted by Gasteiger charge is -2.07. The minimum absolute atomic E-state index is 0.320. The van der Waals surface area contributed by atoms with E-state index in [4.69, 9.17) is 5.84 Å². The molecule has 0 fully saturated rings. The van der Waals surface area contributed by atoms with Gasteiger partial charge in [-0.15, -0.1) is 0 Å². The Morgan fingerprint density at radius 2 is 1.65 bits per heavy atom. The highest BCUT2D eigenvalue weighted by atomic mass is 19.1. The molecule has 0 aliphatic heterocycles. The van der Waals surface area contributed by atoms with E-state index in [0.29, 0.717) is 16.8 Å². The molecule has 0 aliphatic rings. The van der Waals surface area contributed by atoms with Crippen molar-refractivity contribution in [3.63, 3.8) is 0 Å². The number of nitrogen functional groups attached to an aromatic ring is 1. The van der Waals surface area contributed by atoms with Gasteiger partial charge in [-0.1, -0.05) is 6.07 Å². The number of halogens is 1. The SMILES string of the molecule is NNC(=O)c1cccc(NC(=O)c2ccc(F)cc2)c1. The molecule has 4 N–H and O–H groups in total. The Kier molecular flexibility index (Phi) is 4.07. The first kappa shape index (κ1) is 13.7. The molecule has 20 heavy (non-hydrogen) atoms. The van der Waals surface area contributed by atoms with Crippen LogP contribution in [0.5, 0.6) is 0 Å². The van der Waals surface area contributed by atoms with Crippen LogP contribution in [0.4, 0.5) is 10.1 Å². The van der Waals surface area contributed by atoms with E-state index in [-0.39, 0.29) is 0 Å². The fourth-order valence-electron chi connectivity index (χ4n) is 1.63. The monoisotopic (exact) mass is 273 g/mol. The van der Waals surface area contributed by atoms with Crippen molar-refractivity contribution in [3.8, 4) is 0 Å². The van der Waals surface area contributed by atoms with Crippen LogP contribution in [-0.2, 0) is 0 Å². The van der Waals surface area contributed by atoms with E-state index < -0.39 is 17.6 Å². The number of anilines is 1. The maximum Gasteiger partial charge on any atom is 0.265 e. The summed E-state index contributed by atoms with van der Waals surface area (Å²) in [6, 6.07) is 11.5. The Balaban J connectivity index is 2.15. The van der Waals surface area contributed by atoms with Gasteiger partial charge in [0.2, 0.25) is 0 Å². The second-order valence-electron chi connectivity index (χ2n) is 4.02. The molecule has 2 aromatic carbocycles. The molecule has 0 unspecified atom stereocenters. The normalized spacial score (nSPS) is 9.90. The molecule has 2 rings (SSSR count). The summed E-state index contributed by atoms with van der Waals surface area (Å²) in [7, 11) is 0. The van der Waals surface area contributed by atoms with E-state index in [9.17, 15) is 14.0 Å². The Bertz CT molecular complexity index is 641. The van der Waals surface area contributed by atoms with Crippen molar-refractivity contribution in [1.29, 1.82) is 0 Å². The van der Waals surface area contributed by atoms with Crippen LogP contribution in [0.2, 0.25) is 0 Å². The lowest BCUT2D eigenvalue weighted by molar-refractivity contribution is 0.0952. The van der Waals surface area contributed by atoms with Crippen LogP contribution in [0, 0.1) is 5.82 Å². The predicted molar refractivity (Wildman–Crippen MR) is 72.4 cm³/mol. The summed E-state index contributed by atoms with van der Waals surface area (Å²) < 4.78 is 12.8. The van der Waals surface area contributed by atoms with Gasteiger partial charge in [0.15, 0.2) is 0 Å². The zero-order chi connectivity index (χ0) is 14.5. The first-order chi connectivity index (χ1) is 9.60. The van der Waals surface area contributed by atoms with Gasteiger partial charge in [0.1, 0.15) is 5.82 Å². The second-order valence-corrected chi connectivity index (χ2v) is 4.02. The number of carbonyl (C=O) groups excluding carboxylic acids is 2. The smallest absolute Gasteiger partial charge is 0.265 e. The number of benzene rings is 2. The summed E-state index contributed by atoms with van der Waals surface area (Å²) in [4.78, 5) is 23.3. The van der Waals surface area contributed by atoms with Gasteiger partial charge in [-0.2, -0.15) is 0 Å². The van der Waals surface area contributed by atoms with E-state index in [0.717, 1.165) is 0 Å². The summed E-state index contributed by atoms with van der Waals surface area (Å²) >= 11 is 0. The summed E-state index contributed by atoms with van der Waals surface area (Å²) in [5.74, 6) is 3.78. The van der Waals surface area contributed by atoms with Gasteiger partial charge in [0.05, 0.1) is 0 Å². The Morgan fingerprint density at radius 3 is 2.30 bits per heavy atom. The number of nitrogens with one attached hydrogen (secondary N) is 2. The van der Waals surface area contributed by atoms with Crippen molar-refractivity contribution >= 4 is 17.5 Å². The minimum Gasteiger partial charge on any atom is -0.322 e. The van der Waals surface area contributed by atoms with Crippen molar-refractivity contribution in [2.75, 3.05) is 5.32 Å². The third-order valence-corrected chi connectivity index (χ3v) is 2.62. The molecule has 0 saturated carbocycles. The number of nitrogens with two attached hydrogens (primary N) is 1. The third kappa shape index (κ3) is 3.18. The van der Waals surface area contributed by atoms with E-state index in [1.165, 1.54) is 30.3 Å². The van der Waals surface area contributed by atoms with Gasteiger partial charge < -0.3 is 5.32 Å². The lowest BCUT2D eigenvalue weighted by Crippen LogP contribution is -2.30. The number of hydrazine groups is 1. The molecule has 0 saturated heterocycles. The Labute approximate surface area is 114 Å². The first-order valence-electron chi connectivity index (χ1n) is 5.78. The van der Waals surface area contributed by atoms with E-state index in [1.54, 1.807) is 18.2 Å². The molecule has 102 valence electrons. The number of hydrogen-bond acceptors (Lipinski definition) is 3. The average Bonchev–Trinajstić information content (AvgIpc) is 2.47.